The zero-order valence-electron chi connectivity index (χ0n) is 21.5. The van der Waals surface area contributed by atoms with Crippen molar-refractivity contribution in [2.24, 2.45) is 0 Å². The lowest BCUT2D eigenvalue weighted by Crippen LogP contribution is -2.43. The highest BCUT2D eigenvalue weighted by atomic mass is 16.5. The molecule has 9 nitrogen and oxygen atoms in total. The molecule has 9 heteroatoms. The van der Waals surface area contributed by atoms with Crippen LogP contribution in [0.2, 0.25) is 0 Å². The number of hydrogen-bond acceptors (Lipinski definition) is 7. The number of nitrogens with one attached hydrogen (secondary N) is 1. The van der Waals surface area contributed by atoms with Gasteiger partial charge in [0.15, 0.2) is 0 Å². The van der Waals surface area contributed by atoms with Crippen LogP contribution in [-0.2, 0) is 19.6 Å². The van der Waals surface area contributed by atoms with Gasteiger partial charge >= 0.3 is 11.4 Å². The standard InChI is InChI=1S/C28H31N5O4/c1-5-37-25-12-8-22(9-13-25)18-33-27(34)31-26(30-16-23-15-29-20(3)14-19(23)2)32(28(33)35)17-21-6-10-24(36-4)11-7-21/h6-15H,5,16-18H2,1-4H3,(H,30,31,34). The number of nitrogens with zero attached hydrogens (tertiary/aromatic N) is 4. The maximum atomic E-state index is 13.6. The summed E-state index contributed by atoms with van der Waals surface area (Å²) in [7, 11) is 1.60. The van der Waals surface area contributed by atoms with E-state index in [1.54, 1.807) is 13.3 Å². The molecule has 0 unspecified atom stereocenters. The number of ether oxygens (including phenoxy) is 2. The van der Waals surface area contributed by atoms with E-state index in [1.165, 1.54) is 4.57 Å². The summed E-state index contributed by atoms with van der Waals surface area (Å²) < 4.78 is 13.4. The van der Waals surface area contributed by atoms with Gasteiger partial charge in [0.05, 0.1) is 26.8 Å². The average molecular weight is 502 g/mol. The van der Waals surface area contributed by atoms with E-state index < -0.39 is 11.4 Å². The van der Waals surface area contributed by atoms with Gasteiger partial charge in [0, 0.05) is 18.4 Å². The lowest BCUT2D eigenvalue weighted by atomic mass is 10.1. The topological polar surface area (TPSA) is 100 Å². The molecule has 1 N–H and O–H groups in total. The van der Waals surface area contributed by atoms with E-state index in [-0.39, 0.29) is 19.0 Å². The van der Waals surface area contributed by atoms with Crippen molar-refractivity contribution in [3.05, 3.63) is 110 Å². The quantitative estimate of drug-likeness (QED) is 0.355. The maximum Gasteiger partial charge on any atom is 0.355 e. The summed E-state index contributed by atoms with van der Waals surface area (Å²) in [6.07, 6.45) is 1.79. The molecular formula is C28H31N5O4. The second-order valence-corrected chi connectivity index (χ2v) is 8.70. The smallest absolute Gasteiger partial charge is 0.355 e. The van der Waals surface area contributed by atoms with Crippen LogP contribution in [-0.4, -0.2) is 32.8 Å². The van der Waals surface area contributed by atoms with Crippen LogP contribution >= 0.6 is 0 Å². The van der Waals surface area contributed by atoms with Crippen molar-refractivity contribution in [1.29, 1.82) is 0 Å². The van der Waals surface area contributed by atoms with Gasteiger partial charge in [-0.05, 0) is 73.4 Å². The maximum absolute atomic E-state index is 13.6. The van der Waals surface area contributed by atoms with E-state index in [4.69, 9.17) is 9.47 Å². The largest absolute Gasteiger partial charge is 0.497 e. The van der Waals surface area contributed by atoms with Gasteiger partial charge in [-0.3, -0.25) is 9.55 Å². The van der Waals surface area contributed by atoms with Crippen molar-refractivity contribution >= 4 is 5.95 Å². The third-order valence-electron chi connectivity index (χ3n) is 6.02. The van der Waals surface area contributed by atoms with Crippen molar-refractivity contribution in [3.63, 3.8) is 0 Å². The number of pyridine rings is 1. The highest BCUT2D eigenvalue weighted by molar-refractivity contribution is 5.34. The zero-order chi connectivity index (χ0) is 26.4. The first kappa shape index (κ1) is 25.7. The van der Waals surface area contributed by atoms with Gasteiger partial charge in [-0.2, -0.15) is 4.98 Å². The number of benzene rings is 2. The van der Waals surface area contributed by atoms with Gasteiger partial charge < -0.3 is 14.8 Å². The van der Waals surface area contributed by atoms with Gasteiger partial charge in [-0.1, -0.05) is 24.3 Å². The summed E-state index contributed by atoms with van der Waals surface area (Å²) >= 11 is 0. The second-order valence-electron chi connectivity index (χ2n) is 8.70. The van der Waals surface area contributed by atoms with Crippen molar-refractivity contribution in [3.8, 4) is 11.5 Å². The molecule has 192 valence electrons. The Morgan fingerprint density at radius 2 is 1.51 bits per heavy atom. The molecule has 0 aliphatic rings. The minimum Gasteiger partial charge on any atom is -0.497 e. The van der Waals surface area contributed by atoms with E-state index in [0.717, 1.165) is 44.0 Å². The zero-order valence-corrected chi connectivity index (χ0v) is 21.5. The van der Waals surface area contributed by atoms with Crippen LogP contribution in [0.15, 0.2) is 70.4 Å². The molecule has 2 aromatic carbocycles. The molecule has 0 fully saturated rings. The molecule has 2 aromatic heterocycles. The Morgan fingerprint density at radius 3 is 2.11 bits per heavy atom. The number of aryl methyl sites for hydroxylation is 2. The summed E-state index contributed by atoms with van der Waals surface area (Å²) in [5.41, 5.74) is 3.53. The molecule has 0 bridgehead atoms. The molecule has 0 aliphatic carbocycles. The highest BCUT2D eigenvalue weighted by Gasteiger charge is 2.15. The lowest BCUT2D eigenvalue weighted by molar-refractivity contribution is 0.340. The van der Waals surface area contributed by atoms with E-state index >= 15 is 0 Å². The minimum atomic E-state index is -0.619. The third-order valence-corrected chi connectivity index (χ3v) is 6.02. The fourth-order valence-corrected chi connectivity index (χ4v) is 3.98. The number of hydrogen-bond donors (Lipinski definition) is 1. The van der Waals surface area contributed by atoms with Crippen LogP contribution in [0.1, 0.15) is 34.9 Å². The number of anilines is 1. The molecule has 4 aromatic rings. The van der Waals surface area contributed by atoms with Gasteiger partial charge in [-0.15, -0.1) is 0 Å². The van der Waals surface area contributed by atoms with Crippen molar-refractivity contribution in [2.45, 2.75) is 40.4 Å². The summed E-state index contributed by atoms with van der Waals surface area (Å²) in [6, 6.07) is 16.7. The van der Waals surface area contributed by atoms with Crippen LogP contribution < -0.4 is 26.2 Å². The molecule has 0 amide bonds. The first-order valence-electron chi connectivity index (χ1n) is 12.1. The van der Waals surface area contributed by atoms with Crippen LogP contribution in [0, 0.1) is 13.8 Å². The summed E-state index contributed by atoms with van der Waals surface area (Å²) in [5, 5.41) is 3.18. The Morgan fingerprint density at radius 1 is 0.892 bits per heavy atom. The molecule has 2 heterocycles. The normalized spacial score (nSPS) is 10.8. The molecule has 4 rings (SSSR count). The highest BCUT2D eigenvalue weighted by Crippen LogP contribution is 2.15. The van der Waals surface area contributed by atoms with Crippen LogP contribution in [0.5, 0.6) is 11.5 Å². The Hall–Kier alpha value is -4.40. The summed E-state index contributed by atoms with van der Waals surface area (Å²) in [5.74, 6) is 1.65. The van der Waals surface area contributed by atoms with Gasteiger partial charge in [0.1, 0.15) is 11.5 Å². The van der Waals surface area contributed by atoms with E-state index in [0.29, 0.717) is 13.2 Å². The van der Waals surface area contributed by atoms with Gasteiger partial charge in [-0.25, -0.2) is 14.2 Å². The van der Waals surface area contributed by atoms with Crippen LogP contribution in [0.3, 0.4) is 0 Å². The first-order chi connectivity index (χ1) is 17.9. The summed E-state index contributed by atoms with van der Waals surface area (Å²) in [4.78, 5) is 35.2. The van der Waals surface area contributed by atoms with Crippen molar-refractivity contribution in [2.75, 3.05) is 19.0 Å². The predicted octanol–water partition coefficient (Wildman–Crippen LogP) is 3.53. The number of methoxy groups -OCH3 is 1. The molecule has 0 aliphatic heterocycles. The number of rotatable bonds is 10. The molecule has 0 saturated heterocycles. The molecule has 0 radical (unpaired) electrons. The SMILES string of the molecule is CCOc1ccc(Cn2c(=O)nc(NCc3cnc(C)cc3C)n(Cc3ccc(OC)cc3)c2=O)cc1. The molecule has 0 spiro atoms. The van der Waals surface area contributed by atoms with Gasteiger partial charge in [0.2, 0.25) is 5.95 Å². The Balaban J connectivity index is 1.69. The molecular weight excluding hydrogens is 470 g/mol. The van der Waals surface area contributed by atoms with Gasteiger partial charge in [0.25, 0.3) is 0 Å². The molecule has 0 saturated carbocycles. The Bertz CT molecular complexity index is 1470. The van der Waals surface area contributed by atoms with Crippen molar-refractivity contribution < 1.29 is 9.47 Å². The second kappa shape index (κ2) is 11.6. The molecule has 0 atom stereocenters. The lowest BCUT2D eigenvalue weighted by Gasteiger charge is -2.16. The third kappa shape index (κ3) is 6.24. The van der Waals surface area contributed by atoms with Crippen LogP contribution in [0.4, 0.5) is 5.95 Å². The van der Waals surface area contributed by atoms with Crippen molar-refractivity contribution in [1.82, 2.24) is 19.1 Å². The fraction of sp³-hybridized carbons (Fsp3) is 0.286. The Kier molecular flexibility index (Phi) is 8.02. The Labute approximate surface area is 215 Å². The van der Waals surface area contributed by atoms with E-state index in [9.17, 15) is 9.59 Å². The fourth-order valence-electron chi connectivity index (χ4n) is 3.98. The monoisotopic (exact) mass is 501 g/mol. The summed E-state index contributed by atoms with van der Waals surface area (Å²) in [6.45, 7) is 7.10. The van der Waals surface area contributed by atoms with Crippen LogP contribution in [0.25, 0.3) is 0 Å². The minimum absolute atomic E-state index is 0.0982. The first-order valence-corrected chi connectivity index (χ1v) is 12.1. The molecule has 37 heavy (non-hydrogen) atoms. The number of aromatic nitrogens is 4. The van der Waals surface area contributed by atoms with E-state index in [1.807, 2.05) is 75.4 Å². The average Bonchev–Trinajstić information content (AvgIpc) is 2.89. The van der Waals surface area contributed by atoms with E-state index in [2.05, 4.69) is 15.3 Å². The predicted molar refractivity (Wildman–Crippen MR) is 143 cm³/mol.